The molecule has 0 fully saturated rings. The summed E-state index contributed by atoms with van der Waals surface area (Å²) in [5, 5.41) is 1.04. The summed E-state index contributed by atoms with van der Waals surface area (Å²) in [7, 11) is 0. The fourth-order valence-corrected chi connectivity index (χ4v) is 6.17. The van der Waals surface area contributed by atoms with Gasteiger partial charge in [0.2, 0.25) is 0 Å². The molecule has 6 heteroatoms. The van der Waals surface area contributed by atoms with Gasteiger partial charge in [0.15, 0.2) is 5.82 Å². The number of para-hydroxylation sites is 1. The minimum atomic E-state index is 0.649. The molecular formula is C41H26N6. The number of imidazole rings is 1. The third-order valence-corrected chi connectivity index (χ3v) is 8.50. The number of pyridine rings is 3. The van der Waals surface area contributed by atoms with Crippen molar-refractivity contribution in [3.63, 3.8) is 0 Å². The lowest BCUT2D eigenvalue weighted by molar-refractivity contribution is 1.16. The Hall–Kier alpha value is -6.53. The van der Waals surface area contributed by atoms with E-state index in [1.54, 1.807) is 6.20 Å². The first-order chi connectivity index (χ1) is 23.3. The van der Waals surface area contributed by atoms with E-state index in [0.29, 0.717) is 5.82 Å². The van der Waals surface area contributed by atoms with Gasteiger partial charge in [-0.2, -0.15) is 0 Å². The maximum absolute atomic E-state index is 5.14. The summed E-state index contributed by atoms with van der Waals surface area (Å²) < 4.78 is 2.12. The van der Waals surface area contributed by atoms with Crippen molar-refractivity contribution in [1.29, 1.82) is 0 Å². The maximum Gasteiger partial charge on any atom is 0.160 e. The van der Waals surface area contributed by atoms with Gasteiger partial charge in [-0.3, -0.25) is 9.38 Å². The zero-order valence-electron chi connectivity index (χ0n) is 25.2. The van der Waals surface area contributed by atoms with Gasteiger partial charge in [-0.15, -0.1) is 0 Å². The Bertz CT molecular complexity index is 2540. The van der Waals surface area contributed by atoms with Crippen LogP contribution in [0.3, 0.4) is 0 Å². The summed E-state index contributed by atoms with van der Waals surface area (Å²) in [6.45, 7) is 0. The highest BCUT2D eigenvalue weighted by Crippen LogP contribution is 2.34. The Morgan fingerprint density at radius 3 is 1.96 bits per heavy atom. The quantitative estimate of drug-likeness (QED) is 0.196. The summed E-state index contributed by atoms with van der Waals surface area (Å²) >= 11 is 0. The molecule has 0 saturated heterocycles. The molecule has 4 aromatic carbocycles. The predicted octanol–water partition coefficient (Wildman–Crippen LogP) is 9.56. The first-order valence-electron chi connectivity index (χ1n) is 15.5. The Morgan fingerprint density at radius 1 is 0.447 bits per heavy atom. The molecular weight excluding hydrogens is 576 g/mol. The zero-order valence-corrected chi connectivity index (χ0v) is 25.2. The van der Waals surface area contributed by atoms with Crippen LogP contribution in [0.2, 0.25) is 0 Å². The second kappa shape index (κ2) is 11.1. The highest BCUT2D eigenvalue weighted by atomic mass is 15.0. The van der Waals surface area contributed by atoms with Gasteiger partial charge in [0.25, 0.3) is 0 Å². The lowest BCUT2D eigenvalue weighted by Gasteiger charge is -2.11. The van der Waals surface area contributed by atoms with Gasteiger partial charge >= 0.3 is 0 Å². The first-order valence-corrected chi connectivity index (χ1v) is 15.5. The SMILES string of the molecule is c1ccc(-c2ccc(-c3nc(-c4ccc(-c5nc6ccccc6c6nc7ccccn7c56)cc4)cc(-c4ccccn4)n3)cc2)cc1. The van der Waals surface area contributed by atoms with Crippen molar-refractivity contribution < 1.29 is 0 Å². The van der Waals surface area contributed by atoms with Crippen molar-refractivity contribution in [3.8, 4) is 56.4 Å². The van der Waals surface area contributed by atoms with Gasteiger partial charge in [-0.25, -0.2) is 19.9 Å². The molecule has 0 amide bonds. The van der Waals surface area contributed by atoms with Crippen LogP contribution in [0.25, 0.3) is 84.0 Å². The van der Waals surface area contributed by atoms with E-state index < -0.39 is 0 Å². The van der Waals surface area contributed by atoms with Crippen LogP contribution in [0.15, 0.2) is 158 Å². The molecule has 0 aliphatic rings. The molecule has 5 heterocycles. The molecule has 0 aliphatic carbocycles. The molecule has 9 aromatic rings. The summed E-state index contributed by atoms with van der Waals surface area (Å²) in [4.78, 5) is 24.7. The van der Waals surface area contributed by atoms with Crippen molar-refractivity contribution in [2.24, 2.45) is 0 Å². The van der Waals surface area contributed by atoms with Crippen LogP contribution in [0.4, 0.5) is 0 Å². The number of rotatable bonds is 5. The minimum absolute atomic E-state index is 0.649. The van der Waals surface area contributed by atoms with Crippen molar-refractivity contribution in [2.75, 3.05) is 0 Å². The number of hydrogen-bond acceptors (Lipinski definition) is 5. The fourth-order valence-electron chi connectivity index (χ4n) is 6.17. The second-order valence-corrected chi connectivity index (χ2v) is 11.4. The van der Waals surface area contributed by atoms with Crippen LogP contribution < -0.4 is 0 Å². The fraction of sp³-hybridized carbons (Fsp3) is 0. The molecule has 220 valence electrons. The van der Waals surface area contributed by atoms with Crippen molar-refractivity contribution in [3.05, 3.63) is 158 Å². The van der Waals surface area contributed by atoms with Gasteiger partial charge < -0.3 is 0 Å². The minimum Gasteiger partial charge on any atom is -0.298 e. The zero-order chi connectivity index (χ0) is 31.2. The molecule has 5 aromatic heterocycles. The topological polar surface area (TPSA) is 68.9 Å². The molecule has 6 nitrogen and oxygen atoms in total. The third kappa shape index (κ3) is 4.80. The lowest BCUT2D eigenvalue weighted by atomic mass is 10.0. The van der Waals surface area contributed by atoms with Gasteiger partial charge in [0, 0.05) is 34.5 Å². The van der Waals surface area contributed by atoms with Crippen LogP contribution in [0, 0.1) is 0 Å². The third-order valence-electron chi connectivity index (χ3n) is 8.50. The molecule has 0 atom stereocenters. The first kappa shape index (κ1) is 26.8. The molecule has 0 unspecified atom stereocenters. The molecule has 47 heavy (non-hydrogen) atoms. The summed E-state index contributed by atoms with van der Waals surface area (Å²) in [6.07, 6.45) is 3.84. The average Bonchev–Trinajstić information content (AvgIpc) is 3.55. The molecule has 0 radical (unpaired) electrons. The van der Waals surface area contributed by atoms with Gasteiger partial charge in [-0.1, -0.05) is 109 Å². The van der Waals surface area contributed by atoms with Crippen molar-refractivity contribution in [2.45, 2.75) is 0 Å². The summed E-state index contributed by atoms with van der Waals surface area (Å²) in [5.41, 5.74) is 12.3. The van der Waals surface area contributed by atoms with Crippen molar-refractivity contribution in [1.82, 2.24) is 29.3 Å². The Morgan fingerprint density at radius 2 is 1.13 bits per heavy atom. The average molecular weight is 603 g/mol. The Kier molecular flexibility index (Phi) is 6.35. The van der Waals surface area contributed by atoms with Crippen LogP contribution in [0.1, 0.15) is 0 Å². The van der Waals surface area contributed by atoms with Gasteiger partial charge in [0.1, 0.15) is 11.2 Å². The Labute approximate surface area is 270 Å². The van der Waals surface area contributed by atoms with E-state index in [1.165, 1.54) is 5.56 Å². The summed E-state index contributed by atoms with van der Waals surface area (Å²) in [6, 6.07) is 49.3. The number of benzene rings is 4. The smallest absolute Gasteiger partial charge is 0.160 e. The second-order valence-electron chi connectivity index (χ2n) is 11.4. The van der Waals surface area contributed by atoms with E-state index in [1.807, 2.05) is 72.9 Å². The van der Waals surface area contributed by atoms with E-state index in [4.69, 9.17) is 19.9 Å². The van der Waals surface area contributed by atoms with E-state index in [2.05, 4.69) is 88.2 Å². The standard InChI is InChI=1S/C41H26N6/c1-2-10-27(11-3-1)28-16-22-31(23-17-28)41-44-35(26-36(45-41)34-14-6-8-24-42-34)29-18-20-30(21-19-29)38-40-39(32-12-4-5-13-33(32)43-38)46-37-15-7-9-25-47(37)40/h1-26H. The molecule has 9 rings (SSSR count). The molecule has 0 saturated carbocycles. The number of aromatic nitrogens is 6. The maximum atomic E-state index is 5.14. The van der Waals surface area contributed by atoms with Crippen LogP contribution in [-0.2, 0) is 0 Å². The van der Waals surface area contributed by atoms with Gasteiger partial charge in [0.05, 0.1) is 33.8 Å². The highest BCUT2D eigenvalue weighted by Gasteiger charge is 2.17. The van der Waals surface area contributed by atoms with E-state index >= 15 is 0 Å². The Balaban J connectivity index is 1.16. The van der Waals surface area contributed by atoms with Crippen LogP contribution in [-0.4, -0.2) is 29.3 Å². The number of fused-ring (bicyclic) bond motifs is 5. The van der Waals surface area contributed by atoms with Gasteiger partial charge in [-0.05, 0) is 47.5 Å². The molecule has 0 spiro atoms. The number of nitrogens with zero attached hydrogens (tertiary/aromatic N) is 6. The predicted molar refractivity (Wildman–Crippen MR) is 189 cm³/mol. The number of hydrogen-bond donors (Lipinski definition) is 0. The highest BCUT2D eigenvalue weighted by molar-refractivity contribution is 6.09. The largest absolute Gasteiger partial charge is 0.298 e. The van der Waals surface area contributed by atoms with E-state index in [9.17, 15) is 0 Å². The van der Waals surface area contributed by atoms with Crippen molar-refractivity contribution >= 4 is 27.6 Å². The van der Waals surface area contributed by atoms with Crippen LogP contribution >= 0.6 is 0 Å². The normalized spacial score (nSPS) is 11.4. The monoisotopic (exact) mass is 602 g/mol. The van der Waals surface area contributed by atoms with E-state index in [-0.39, 0.29) is 0 Å². The summed E-state index contributed by atoms with van der Waals surface area (Å²) in [5.74, 6) is 0.649. The lowest BCUT2D eigenvalue weighted by Crippen LogP contribution is -1.97. The van der Waals surface area contributed by atoms with E-state index in [0.717, 1.165) is 72.6 Å². The molecule has 0 aliphatic heterocycles. The van der Waals surface area contributed by atoms with Crippen LogP contribution in [0.5, 0.6) is 0 Å². The molecule has 0 bridgehead atoms. The molecule has 0 N–H and O–H groups in total.